The summed E-state index contributed by atoms with van der Waals surface area (Å²) >= 11 is 0. The molecule has 94 valence electrons. The van der Waals surface area contributed by atoms with Crippen molar-refractivity contribution in [3.8, 4) is 0 Å². The number of aromatic nitrogens is 1. The molecule has 0 unspecified atom stereocenters. The van der Waals surface area contributed by atoms with E-state index in [-0.39, 0.29) is 0 Å². The summed E-state index contributed by atoms with van der Waals surface area (Å²) in [5.41, 5.74) is 1.07. The zero-order chi connectivity index (χ0) is 12.2. The first-order valence-electron chi connectivity index (χ1n) is 7.01. The van der Waals surface area contributed by atoms with Crippen LogP contribution in [0.25, 0.3) is 6.08 Å². The maximum atomic E-state index is 4.26. The number of pyridine rings is 1. The van der Waals surface area contributed by atoms with Crippen molar-refractivity contribution in [1.29, 1.82) is 0 Å². The maximum absolute atomic E-state index is 4.26. The lowest BCUT2D eigenvalue weighted by Crippen LogP contribution is -1.79. The van der Waals surface area contributed by atoms with Crippen LogP contribution in [0.15, 0.2) is 30.5 Å². The smallest absolute Gasteiger partial charge is 0.0626 e. The van der Waals surface area contributed by atoms with Crippen molar-refractivity contribution in [3.63, 3.8) is 0 Å². The monoisotopic (exact) mass is 231 g/mol. The Labute approximate surface area is 106 Å². The third kappa shape index (κ3) is 7.73. The molecule has 0 aliphatic rings. The number of allylic oxidation sites excluding steroid dienone is 1. The van der Waals surface area contributed by atoms with E-state index in [9.17, 15) is 0 Å². The molecule has 1 rings (SSSR count). The van der Waals surface area contributed by atoms with Gasteiger partial charge in [0.15, 0.2) is 0 Å². The minimum atomic E-state index is 1.07. The summed E-state index contributed by atoms with van der Waals surface area (Å²) in [6.45, 7) is 2.27. The summed E-state index contributed by atoms with van der Waals surface area (Å²) in [6, 6.07) is 6.02. The number of unbranched alkanes of at least 4 members (excludes halogenated alkanes) is 7. The lowest BCUT2D eigenvalue weighted by molar-refractivity contribution is 0.592. The molecule has 1 heterocycles. The van der Waals surface area contributed by atoms with Crippen LogP contribution < -0.4 is 0 Å². The van der Waals surface area contributed by atoms with Crippen molar-refractivity contribution in [2.24, 2.45) is 0 Å². The van der Waals surface area contributed by atoms with E-state index in [1.807, 2.05) is 24.4 Å². The Bertz CT molecular complexity index is 290. The molecule has 0 saturated heterocycles. The third-order valence-corrected chi connectivity index (χ3v) is 2.95. The van der Waals surface area contributed by atoms with Gasteiger partial charge in [0.1, 0.15) is 0 Å². The van der Waals surface area contributed by atoms with Gasteiger partial charge in [-0.25, -0.2) is 0 Å². The van der Waals surface area contributed by atoms with Crippen LogP contribution in [0.5, 0.6) is 0 Å². The summed E-state index contributed by atoms with van der Waals surface area (Å²) in [6.07, 6.45) is 17.1. The van der Waals surface area contributed by atoms with Crippen LogP contribution in [0, 0.1) is 0 Å². The van der Waals surface area contributed by atoms with Crippen molar-refractivity contribution in [1.82, 2.24) is 4.98 Å². The highest BCUT2D eigenvalue weighted by atomic mass is 14.6. The molecule has 0 radical (unpaired) electrons. The van der Waals surface area contributed by atoms with Gasteiger partial charge < -0.3 is 0 Å². The lowest BCUT2D eigenvalue weighted by Gasteiger charge is -1.98. The van der Waals surface area contributed by atoms with Gasteiger partial charge in [0, 0.05) is 6.20 Å². The molecule has 1 nitrogen and oxygen atoms in total. The fourth-order valence-corrected chi connectivity index (χ4v) is 1.90. The van der Waals surface area contributed by atoms with Gasteiger partial charge in [-0.2, -0.15) is 0 Å². The summed E-state index contributed by atoms with van der Waals surface area (Å²) in [5.74, 6) is 0. The highest BCUT2D eigenvalue weighted by molar-refractivity contribution is 5.43. The molecule has 0 spiro atoms. The van der Waals surface area contributed by atoms with E-state index < -0.39 is 0 Å². The van der Waals surface area contributed by atoms with Crippen LogP contribution in [0.3, 0.4) is 0 Å². The molecular formula is C16H25N. The molecule has 0 amide bonds. The third-order valence-electron chi connectivity index (χ3n) is 2.95. The molecule has 0 saturated carbocycles. The van der Waals surface area contributed by atoms with E-state index in [4.69, 9.17) is 0 Å². The Kier molecular flexibility index (Phi) is 8.27. The van der Waals surface area contributed by atoms with Crippen molar-refractivity contribution >= 4 is 6.08 Å². The Hall–Kier alpha value is -1.11. The highest BCUT2D eigenvalue weighted by Gasteiger charge is 1.89. The predicted molar refractivity (Wildman–Crippen MR) is 75.9 cm³/mol. The maximum Gasteiger partial charge on any atom is 0.0626 e. The Balaban J connectivity index is 1.95. The molecule has 0 N–H and O–H groups in total. The normalized spacial score (nSPS) is 11.1. The number of hydrogen-bond donors (Lipinski definition) is 0. The summed E-state index contributed by atoms with van der Waals surface area (Å²) in [7, 11) is 0. The quantitative estimate of drug-likeness (QED) is 0.530. The summed E-state index contributed by atoms with van der Waals surface area (Å²) < 4.78 is 0. The minimum Gasteiger partial charge on any atom is -0.257 e. The molecule has 0 atom stereocenters. The fraction of sp³-hybridized carbons (Fsp3) is 0.562. The zero-order valence-electron chi connectivity index (χ0n) is 11.1. The standard InChI is InChI=1S/C16H25N/c1-2-3-4-5-6-7-8-9-10-13-16-14-11-12-15-17-16/h10-15H,2-9H2,1H3/b13-10+. The molecule has 1 aromatic heterocycles. The van der Waals surface area contributed by atoms with Crippen LogP contribution in [-0.4, -0.2) is 4.98 Å². The second-order valence-corrected chi connectivity index (χ2v) is 4.57. The molecular weight excluding hydrogens is 206 g/mol. The fourth-order valence-electron chi connectivity index (χ4n) is 1.90. The van der Waals surface area contributed by atoms with E-state index in [2.05, 4.69) is 24.1 Å². The van der Waals surface area contributed by atoms with Gasteiger partial charge in [-0.05, 0) is 31.1 Å². The average molecular weight is 231 g/mol. The van der Waals surface area contributed by atoms with Crippen LogP contribution in [-0.2, 0) is 0 Å². The Morgan fingerprint density at radius 3 is 2.47 bits per heavy atom. The van der Waals surface area contributed by atoms with Gasteiger partial charge in [0.05, 0.1) is 5.69 Å². The van der Waals surface area contributed by atoms with Crippen LogP contribution in [0.4, 0.5) is 0 Å². The molecule has 1 aromatic rings. The van der Waals surface area contributed by atoms with Crippen molar-refractivity contribution < 1.29 is 0 Å². The van der Waals surface area contributed by atoms with Crippen LogP contribution >= 0.6 is 0 Å². The topological polar surface area (TPSA) is 12.9 Å². The van der Waals surface area contributed by atoms with E-state index in [1.54, 1.807) is 0 Å². The summed E-state index contributed by atoms with van der Waals surface area (Å²) in [5, 5.41) is 0. The molecule has 0 aliphatic carbocycles. The van der Waals surface area contributed by atoms with Gasteiger partial charge in [-0.3, -0.25) is 4.98 Å². The number of rotatable bonds is 9. The largest absolute Gasteiger partial charge is 0.257 e. The molecule has 0 bridgehead atoms. The molecule has 1 heteroatoms. The van der Waals surface area contributed by atoms with Gasteiger partial charge in [0.25, 0.3) is 0 Å². The SMILES string of the molecule is CCCCCCCCC/C=C/c1ccccn1. The van der Waals surface area contributed by atoms with E-state index in [0.29, 0.717) is 0 Å². The number of hydrogen-bond acceptors (Lipinski definition) is 1. The first kappa shape index (κ1) is 14.0. The predicted octanol–water partition coefficient (Wildman–Crippen LogP) is 5.24. The summed E-state index contributed by atoms with van der Waals surface area (Å²) in [4.78, 5) is 4.26. The van der Waals surface area contributed by atoms with Gasteiger partial charge in [-0.15, -0.1) is 0 Å². The Morgan fingerprint density at radius 2 is 1.76 bits per heavy atom. The molecule has 17 heavy (non-hydrogen) atoms. The van der Waals surface area contributed by atoms with E-state index in [0.717, 1.165) is 5.69 Å². The highest BCUT2D eigenvalue weighted by Crippen LogP contribution is 2.09. The van der Waals surface area contributed by atoms with E-state index >= 15 is 0 Å². The second-order valence-electron chi connectivity index (χ2n) is 4.57. The number of nitrogens with zero attached hydrogens (tertiary/aromatic N) is 1. The van der Waals surface area contributed by atoms with Crippen LogP contribution in [0.2, 0.25) is 0 Å². The van der Waals surface area contributed by atoms with Gasteiger partial charge >= 0.3 is 0 Å². The van der Waals surface area contributed by atoms with E-state index in [1.165, 1.54) is 51.4 Å². The molecule has 0 fully saturated rings. The average Bonchev–Trinajstić information content (AvgIpc) is 2.38. The van der Waals surface area contributed by atoms with Crippen molar-refractivity contribution in [2.45, 2.75) is 58.3 Å². The van der Waals surface area contributed by atoms with Crippen LogP contribution in [0.1, 0.15) is 64.0 Å². The Morgan fingerprint density at radius 1 is 1.00 bits per heavy atom. The second kappa shape index (κ2) is 10.1. The first-order chi connectivity index (χ1) is 8.43. The van der Waals surface area contributed by atoms with Gasteiger partial charge in [0.2, 0.25) is 0 Å². The van der Waals surface area contributed by atoms with Crippen molar-refractivity contribution in [2.75, 3.05) is 0 Å². The zero-order valence-corrected chi connectivity index (χ0v) is 11.1. The van der Waals surface area contributed by atoms with Crippen molar-refractivity contribution in [3.05, 3.63) is 36.2 Å². The molecule has 0 aliphatic heterocycles. The lowest BCUT2D eigenvalue weighted by atomic mass is 10.1. The minimum absolute atomic E-state index is 1.07. The molecule has 0 aromatic carbocycles. The first-order valence-corrected chi connectivity index (χ1v) is 7.01. The van der Waals surface area contributed by atoms with Gasteiger partial charge in [-0.1, -0.05) is 57.6 Å².